The van der Waals surface area contributed by atoms with Crippen LogP contribution in [0, 0.1) is 0 Å². The highest BCUT2D eigenvalue weighted by Crippen LogP contribution is 2.41. The lowest BCUT2D eigenvalue weighted by atomic mass is 10.0. The summed E-state index contributed by atoms with van der Waals surface area (Å²) in [6.45, 7) is 0. The maximum absolute atomic E-state index is 13.6. The number of hydrogen-bond acceptors (Lipinski definition) is 6. The number of anilines is 3. The minimum Gasteiger partial charge on any atom is -0.497 e. The first-order chi connectivity index (χ1) is 24.3. The van der Waals surface area contributed by atoms with E-state index in [9.17, 15) is 13.2 Å². The molecule has 0 N–H and O–H groups in total. The SMILES string of the molecule is COc1ccc(N(c2ccc(OC)cc2)c2ccc(-c3ccc(-c4cc(-c5cccc(C(F)(F)F)c5)nc(-c5ccccn5)c4)s3)cc2)cc1. The molecule has 3 aromatic heterocycles. The summed E-state index contributed by atoms with van der Waals surface area (Å²) in [7, 11) is 3.29. The standard InChI is InChI=1S/C41H30F3N3O2S/c1-48-34-17-13-32(14-18-34)47(33-15-19-35(49-2)20-16-33)31-11-9-27(10-12-31)39-21-22-40(50-39)29-25-37(28-6-5-7-30(24-28)41(42,43)44)46-38(26-29)36-8-3-4-23-45-36/h3-26H,1-2H3. The second-order valence-corrected chi connectivity index (χ2v) is 12.4. The summed E-state index contributed by atoms with van der Waals surface area (Å²) in [6.07, 6.45) is -2.79. The Balaban J connectivity index is 1.24. The minimum absolute atomic E-state index is 0.379. The van der Waals surface area contributed by atoms with E-state index in [4.69, 9.17) is 14.5 Å². The van der Waals surface area contributed by atoms with Crippen LogP contribution in [0.5, 0.6) is 11.5 Å². The molecule has 5 nitrogen and oxygen atoms in total. The molecule has 0 fully saturated rings. The molecule has 0 amide bonds. The number of halogens is 3. The van der Waals surface area contributed by atoms with Gasteiger partial charge in [0.15, 0.2) is 0 Å². The number of ether oxygens (including phenoxy) is 2. The molecule has 0 saturated carbocycles. The highest BCUT2D eigenvalue weighted by atomic mass is 32.1. The number of aromatic nitrogens is 2. The molecule has 9 heteroatoms. The highest BCUT2D eigenvalue weighted by molar-refractivity contribution is 7.18. The van der Waals surface area contributed by atoms with E-state index in [1.54, 1.807) is 37.8 Å². The van der Waals surface area contributed by atoms with Crippen LogP contribution in [0.4, 0.5) is 30.2 Å². The van der Waals surface area contributed by atoms with Crippen LogP contribution in [0.15, 0.2) is 146 Å². The fraction of sp³-hybridized carbons (Fsp3) is 0.0732. The van der Waals surface area contributed by atoms with Gasteiger partial charge in [0, 0.05) is 38.6 Å². The fourth-order valence-electron chi connectivity index (χ4n) is 5.65. The number of benzene rings is 4. The third-order valence-corrected chi connectivity index (χ3v) is 9.38. The monoisotopic (exact) mass is 685 g/mol. The Hall–Kier alpha value is -5.93. The Morgan fingerprint density at radius 1 is 0.540 bits per heavy atom. The van der Waals surface area contributed by atoms with Gasteiger partial charge in [0.25, 0.3) is 0 Å². The predicted octanol–water partition coefficient (Wildman–Crippen LogP) is 11.7. The van der Waals surface area contributed by atoms with Gasteiger partial charge in [0.1, 0.15) is 11.5 Å². The Labute approximate surface area is 291 Å². The zero-order valence-corrected chi connectivity index (χ0v) is 27.9. The minimum atomic E-state index is -4.46. The van der Waals surface area contributed by atoms with Crippen LogP contribution < -0.4 is 14.4 Å². The lowest BCUT2D eigenvalue weighted by Gasteiger charge is -2.26. The van der Waals surface area contributed by atoms with E-state index in [1.807, 2.05) is 84.9 Å². The Morgan fingerprint density at radius 2 is 1.12 bits per heavy atom. The molecular formula is C41H30F3N3O2S. The lowest BCUT2D eigenvalue weighted by molar-refractivity contribution is -0.137. The van der Waals surface area contributed by atoms with E-state index in [1.165, 1.54) is 6.07 Å². The van der Waals surface area contributed by atoms with E-state index < -0.39 is 11.7 Å². The van der Waals surface area contributed by atoms with Crippen molar-refractivity contribution in [3.8, 4) is 55.0 Å². The fourth-order valence-corrected chi connectivity index (χ4v) is 6.65. The third kappa shape index (κ3) is 6.95. The number of nitrogens with zero attached hydrogens (tertiary/aromatic N) is 3. The molecular weight excluding hydrogens is 656 g/mol. The number of rotatable bonds is 9. The molecule has 50 heavy (non-hydrogen) atoms. The van der Waals surface area contributed by atoms with E-state index in [0.717, 1.165) is 61.6 Å². The van der Waals surface area contributed by atoms with Gasteiger partial charge in [-0.1, -0.05) is 30.3 Å². The number of thiophene rings is 1. The van der Waals surface area contributed by atoms with Crippen molar-refractivity contribution in [2.75, 3.05) is 19.1 Å². The van der Waals surface area contributed by atoms with Crippen LogP contribution in [-0.4, -0.2) is 24.2 Å². The topological polar surface area (TPSA) is 47.5 Å². The van der Waals surface area contributed by atoms with Crippen LogP contribution in [0.1, 0.15) is 5.56 Å². The summed E-state index contributed by atoms with van der Waals surface area (Å²) in [5.74, 6) is 1.55. The summed E-state index contributed by atoms with van der Waals surface area (Å²) in [6, 6.07) is 42.8. The molecule has 0 aliphatic heterocycles. The maximum atomic E-state index is 13.6. The molecule has 0 radical (unpaired) electrons. The van der Waals surface area contributed by atoms with Crippen LogP contribution in [0.25, 0.3) is 43.5 Å². The molecule has 3 heterocycles. The van der Waals surface area contributed by atoms with Crippen molar-refractivity contribution in [1.29, 1.82) is 0 Å². The largest absolute Gasteiger partial charge is 0.497 e. The van der Waals surface area contributed by atoms with Crippen molar-refractivity contribution in [3.05, 3.63) is 151 Å². The lowest BCUT2D eigenvalue weighted by Crippen LogP contribution is -2.09. The number of pyridine rings is 2. The van der Waals surface area contributed by atoms with Gasteiger partial charge in [-0.3, -0.25) is 4.98 Å². The van der Waals surface area contributed by atoms with Crippen LogP contribution in [0.3, 0.4) is 0 Å². The molecule has 4 aromatic carbocycles. The van der Waals surface area contributed by atoms with Gasteiger partial charge in [-0.05, 0) is 120 Å². The number of methoxy groups -OCH3 is 2. The first kappa shape index (κ1) is 32.6. The maximum Gasteiger partial charge on any atom is 0.416 e. The summed E-state index contributed by atoms with van der Waals surface area (Å²) in [5, 5.41) is 0. The van der Waals surface area contributed by atoms with E-state index >= 15 is 0 Å². The van der Waals surface area contributed by atoms with Crippen molar-refractivity contribution >= 4 is 28.4 Å². The van der Waals surface area contributed by atoms with Gasteiger partial charge >= 0.3 is 6.18 Å². The summed E-state index contributed by atoms with van der Waals surface area (Å²) in [5.41, 5.74) is 6.09. The highest BCUT2D eigenvalue weighted by Gasteiger charge is 2.30. The predicted molar refractivity (Wildman–Crippen MR) is 194 cm³/mol. The zero-order chi connectivity index (χ0) is 34.7. The normalized spacial score (nSPS) is 11.3. The summed E-state index contributed by atoms with van der Waals surface area (Å²) in [4.78, 5) is 13.4. The van der Waals surface area contributed by atoms with Crippen LogP contribution in [-0.2, 0) is 6.18 Å². The van der Waals surface area contributed by atoms with E-state index in [-0.39, 0.29) is 0 Å². The molecule has 0 spiro atoms. The van der Waals surface area contributed by atoms with Crippen molar-refractivity contribution in [2.24, 2.45) is 0 Å². The van der Waals surface area contributed by atoms with Crippen LogP contribution in [0.2, 0.25) is 0 Å². The van der Waals surface area contributed by atoms with Crippen molar-refractivity contribution in [1.82, 2.24) is 9.97 Å². The average molecular weight is 686 g/mol. The molecule has 0 atom stereocenters. The third-order valence-electron chi connectivity index (χ3n) is 8.20. The van der Waals surface area contributed by atoms with Gasteiger partial charge in [-0.15, -0.1) is 11.3 Å². The van der Waals surface area contributed by atoms with Crippen LogP contribution >= 0.6 is 11.3 Å². The first-order valence-electron chi connectivity index (χ1n) is 15.7. The number of hydrogen-bond donors (Lipinski definition) is 0. The molecule has 0 aliphatic rings. The zero-order valence-electron chi connectivity index (χ0n) is 27.1. The second-order valence-electron chi connectivity index (χ2n) is 11.4. The number of alkyl halides is 3. The van der Waals surface area contributed by atoms with Crippen molar-refractivity contribution < 1.29 is 22.6 Å². The summed E-state index contributed by atoms with van der Waals surface area (Å²) >= 11 is 1.60. The van der Waals surface area contributed by atoms with Gasteiger partial charge in [-0.2, -0.15) is 13.2 Å². The summed E-state index contributed by atoms with van der Waals surface area (Å²) < 4.78 is 51.5. The van der Waals surface area contributed by atoms with E-state index in [2.05, 4.69) is 40.2 Å². The molecule has 7 aromatic rings. The molecule has 0 bridgehead atoms. The van der Waals surface area contributed by atoms with Gasteiger partial charge in [-0.25, -0.2) is 4.98 Å². The average Bonchev–Trinajstić information content (AvgIpc) is 3.66. The molecule has 0 unspecified atom stereocenters. The quantitative estimate of drug-likeness (QED) is 0.151. The molecule has 248 valence electrons. The Kier molecular flexibility index (Phi) is 9.06. The van der Waals surface area contributed by atoms with Crippen molar-refractivity contribution in [3.63, 3.8) is 0 Å². The second kappa shape index (κ2) is 13.9. The smallest absolute Gasteiger partial charge is 0.416 e. The molecule has 0 aliphatic carbocycles. The molecule has 0 saturated heterocycles. The van der Waals surface area contributed by atoms with Crippen molar-refractivity contribution in [2.45, 2.75) is 6.18 Å². The first-order valence-corrected chi connectivity index (χ1v) is 16.5. The Morgan fingerprint density at radius 3 is 1.68 bits per heavy atom. The van der Waals surface area contributed by atoms with Gasteiger partial charge in [0.05, 0.1) is 36.9 Å². The molecule has 7 rings (SSSR count). The Bertz CT molecular complexity index is 2170. The van der Waals surface area contributed by atoms with E-state index in [0.29, 0.717) is 22.6 Å². The van der Waals surface area contributed by atoms with Gasteiger partial charge in [0.2, 0.25) is 0 Å². The van der Waals surface area contributed by atoms with Gasteiger partial charge < -0.3 is 14.4 Å².